The van der Waals surface area contributed by atoms with Crippen LogP contribution in [0, 0.1) is 17.8 Å². The number of aliphatic hydroxyl groups excluding tert-OH is 1. The molecule has 0 spiro atoms. The SMILES string of the molecule is CCC1=C2B(O)O[C@H](c3ccc(CO)o3)C[C@H]2[C@H]2C(=O)N(c3cc(C(F)(F)F)cc(C(F)(F)F)c3)C(=O)[C@H]2C1. The van der Waals surface area contributed by atoms with Gasteiger partial charge in [-0.25, -0.2) is 4.90 Å². The summed E-state index contributed by atoms with van der Waals surface area (Å²) in [6.45, 7) is 1.37. The van der Waals surface area contributed by atoms with Gasteiger partial charge >= 0.3 is 19.5 Å². The first-order valence-corrected chi connectivity index (χ1v) is 12.2. The first-order valence-electron chi connectivity index (χ1n) is 12.2. The molecular formula is C25H22BF6NO6. The topological polar surface area (TPSA) is 100 Å². The number of aliphatic hydroxyl groups is 1. The lowest BCUT2D eigenvalue weighted by Crippen LogP contribution is -2.44. The number of hydrogen-bond acceptors (Lipinski definition) is 6. The van der Waals surface area contributed by atoms with E-state index in [9.17, 15) is 46.1 Å². The molecule has 2 amide bonds. The van der Waals surface area contributed by atoms with E-state index in [1.165, 1.54) is 12.1 Å². The van der Waals surface area contributed by atoms with Crippen molar-refractivity contribution in [3.05, 3.63) is 64.0 Å². The average Bonchev–Trinajstić information content (AvgIpc) is 3.44. The molecule has 39 heavy (non-hydrogen) atoms. The van der Waals surface area contributed by atoms with Crippen molar-refractivity contribution in [2.45, 2.75) is 51.2 Å². The standard InChI is InChI=1S/C25H22BF6NO6/c1-2-11-5-17-20(16-9-19(39-26(37)21(11)16)18-4-3-15(10-34)38-18)23(36)33(22(17)35)14-7-12(24(27,28)29)6-13(8-14)25(30,31)32/h3-4,6-8,16-17,19-20,34,37H,2,5,9-10H2,1H3/t16-,17-,19-,20+/m0/s1. The van der Waals surface area contributed by atoms with Crippen LogP contribution < -0.4 is 4.90 Å². The average molecular weight is 557 g/mol. The Labute approximate surface area is 218 Å². The van der Waals surface area contributed by atoms with Gasteiger partial charge in [0.1, 0.15) is 24.2 Å². The third kappa shape index (κ3) is 4.68. The molecule has 0 unspecified atom stereocenters. The number of imide groups is 1. The lowest BCUT2D eigenvalue weighted by Gasteiger charge is -2.41. The molecule has 5 rings (SSSR count). The smallest absolute Gasteiger partial charge is 0.461 e. The minimum absolute atomic E-state index is 0.000335. The fourth-order valence-electron chi connectivity index (χ4n) is 5.91. The van der Waals surface area contributed by atoms with E-state index in [1.807, 2.05) is 0 Å². The molecule has 7 nitrogen and oxygen atoms in total. The summed E-state index contributed by atoms with van der Waals surface area (Å²) in [5.74, 6) is -4.34. The summed E-state index contributed by atoms with van der Waals surface area (Å²) in [6, 6.07) is 3.67. The maximum absolute atomic E-state index is 13.7. The highest BCUT2D eigenvalue weighted by molar-refractivity contribution is 6.53. The minimum atomic E-state index is -5.16. The van der Waals surface area contributed by atoms with Gasteiger partial charge in [-0.3, -0.25) is 9.59 Å². The zero-order valence-corrected chi connectivity index (χ0v) is 20.3. The minimum Gasteiger partial charge on any atom is -0.461 e. The number of carbonyl (C=O) groups excluding carboxylic acids is 2. The maximum atomic E-state index is 13.7. The Kier molecular flexibility index (Phi) is 6.71. The molecule has 0 radical (unpaired) electrons. The number of allylic oxidation sites excluding steroid dienone is 2. The summed E-state index contributed by atoms with van der Waals surface area (Å²) in [5.41, 5.74) is -3.09. The Morgan fingerprint density at radius 3 is 2.18 bits per heavy atom. The van der Waals surface area contributed by atoms with Gasteiger partial charge in [-0.05, 0) is 61.0 Å². The highest BCUT2D eigenvalue weighted by Crippen LogP contribution is 2.53. The normalized spacial score (nSPS) is 25.9. The van der Waals surface area contributed by atoms with Crippen LogP contribution in [0.3, 0.4) is 0 Å². The summed E-state index contributed by atoms with van der Waals surface area (Å²) in [4.78, 5) is 27.5. The number of alkyl halides is 6. The van der Waals surface area contributed by atoms with Gasteiger partial charge in [-0.15, -0.1) is 0 Å². The lowest BCUT2D eigenvalue weighted by atomic mass is 9.55. The van der Waals surface area contributed by atoms with Crippen molar-refractivity contribution < 1.29 is 55.1 Å². The van der Waals surface area contributed by atoms with Crippen LogP contribution in [0.15, 0.2) is 45.8 Å². The first kappa shape index (κ1) is 27.5. The highest BCUT2D eigenvalue weighted by Gasteiger charge is 2.58. The molecule has 2 aromatic rings. The quantitative estimate of drug-likeness (QED) is 0.318. The maximum Gasteiger partial charge on any atom is 0.487 e. The second kappa shape index (κ2) is 9.52. The van der Waals surface area contributed by atoms with Crippen molar-refractivity contribution in [1.29, 1.82) is 0 Å². The summed E-state index contributed by atoms with van der Waals surface area (Å²) in [6.07, 6.45) is -10.8. The van der Waals surface area contributed by atoms with Crippen molar-refractivity contribution in [3.63, 3.8) is 0 Å². The lowest BCUT2D eigenvalue weighted by molar-refractivity contribution is -0.143. The molecule has 2 aliphatic heterocycles. The number of carbonyl (C=O) groups is 2. The van der Waals surface area contributed by atoms with Gasteiger partial charge in [0.15, 0.2) is 0 Å². The van der Waals surface area contributed by atoms with Crippen molar-refractivity contribution in [2.75, 3.05) is 4.90 Å². The zero-order chi connectivity index (χ0) is 28.4. The summed E-state index contributed by atoms with van der Waals surface area (Å²) >= 11 is 0. The van der Waals surface area contributed by atoms with Crippen LogP contribution in [0.2, 0.25) is 0 Å². The Hall–Kier alpha value is -3.10. The molecular weight excluding hydrogens is 535 g/mol. The van der Waals surface area contributed by atoms with Gasteiger partial charge in [0.05, 0.1) is 28.7 Å². The summed E-state index contributed by atoms with van der Waals surface area (Å²) in [5, 5.41) is 20.2. The van der Waals surface area contributed by atoms with E-state index < -0.39 is 78.6 Å². The molecule has 0 saturated carbocycles. The third-order valence-corrected chi connectivity index (χ3v) is 7.62. The van der Waals surface area contributed by atoms with Crippen LogP contribution in [0.5, 0.6) is 0 Å². The number of hydrogen-bond donors (Lipinski definition) is 2. The van der Waals surface area contributed by atoms with Crippen molar-refractivity contribution in [3.8, 4) is 0 Å². The number of amides is 2. The van der Waals surface area contributed by atoms with Crippen LogP contribution in [0.1, 0.15) is 54.9 Å². The molecule has 4 atom stereocenters. The number of benzene rings is 1. The number of furan rings is 1. The summed E-state index contributed by atoms with van der Waals surface area (Å²) in [7, 11) is -1.48. The number of fused-ring (bicyclic) bond motifs is 3. The van der Waals surface area contributed by atoms with Crippen LogP contribution in [0.25, 0.3) is 0 Å². The van der Waals surface area contributed by atoms with Crippen molar-refractivity contribution >= 4 is 24.6 Å². The predicted octanol–water partition coefficient (Wildman–Crippen LogP) is 4.82. The van der Waals surface area contributed by atoms with Gasteiger partial charge in [0, 0.05) is 0 Å². The zero-order valence-electron chi connectivity index (χ0n) is 20.3. The number of nitrogens with zero attached hydrogens (tertiary/aromatic N) is 1. The molecule has 1 aromatic carbocycles. The van der Waals surface area contributed by atoms with E-state index in [0.29, 0.717) is 34.5 Å². The molecule has 1 aliphatic carbocycles. The monoisotopic (exact) mass is 557 g/mol. The molecule has 2 N–H and O–H groups in total. The third-order valence-electron chi connectivity index (χ3n) is 7.62. The molecule has 3 heterocycles. The van der Waals surface area contributed by atoms with Gasteiger partial charge in [0.2, 0.25) is 11.8 Å². The number of rotatable bonds is 4. The van der Waals surface area contributed by atoms with Gasteiger partial charge in [0.25, 0.3) is 0 Å². The Morgan fingerprint density at radius 1 is 1.00 bits per heavy atom. The Morgan fingerprint density at radius 2 is 1.64 bits per heavy atom. The van der Waals surface area contributed by atoms with Crippen LogP contribution >= 0.6 is 0 Å². The van der Waals surface area contributed by atoms with Crippen molar-refractivity contribution in [2.24, 2.45) is 17.8 Å². The van der Waals surface area contributed by atoms with E-state index in [0.717, 1.165) is 0 Å². The van der Waals surface area contributed by atoms with Crippen LogP contribution in [0.4, 0.5) is 32.0 Å². The Balaban J connectivity index is 1.56. The summed E-state index contributed by atoms with van der Waals surface area (Å²) < 4.78 is 92.1. The number of anilines is 1. The van der Waals surface area contributed by atoms with Crippen LogP contribution in [-0.2, 0) is 33.2 Å². The van der Waals surface area contributed by atoms with Crippen molar-refractivity contribution in [1.82, 2.24) is 0 Å². The fourth-order valence-corrected chi connectivity index (χ4v) is 5.91. The van der Waals surface area contributed by atoms with E-state index in [1.54, 1.807) is 6.92 Å². The van der Waals surface area contributed by atoms with E-state index in [-0.39, 0.29) is 30.4 Å². The van der Waals surface area contributed by atoms with E-state index >= 15 is 0 Å². The van der Waals surface area contributed by atoms with Gasteiger partial charge in [-0.1, -0.05) is 12.5 Å². The second-order valence-corrected chi connectivity index (χ2v) is 9.81. The Bertz CT molecular complexity index is 1320. The van der Waals surface area contributed by atoms with E-state index in [4.69, 9.17) is 9.07 Å². The largest absolute Gasteiger partial charge is 0.487 e. The highest BCUT2D eigenvalue weighted by atomic mass is 19.4. The molecule has 2 fully saturated rings. The second-order valence-electron chi connectivity index (χ2n) is 9.81. The van der Waals surface area contributed by atoms with Crippen LogP contribution in [-0.4, -0.2) is 29.1 Å². The van der Waals surface area contributed by atoms with E-state index in [2.05, 4.69) is 0 Å². The predicted molar refractivity (Wildman–Crippen MR) is 122 cm³/mol. The molecule has 1 aromatic heterocycles. The molecule has 14 heteroatoms. The fraction of sp³-hybridized carbons (Fsp3) is 0.440. The first-order chi connectivity index (χ1) is 18.2. The molecule has 2 saturated heterocycles. The van der Waals surface area contributed by atoms with Gasteiger partial charge in [-0.2, -0.15) is 26.3 Å². The molecule has 0 bridgehead atoms. The molecule has 208 valence electrons. The molecule has 3 aliphatic rings. The number of halogens is 6. The van der Waals surface area contributed by atoms with Gasteiger partial charge < -0.3 is 19.2 Å².